The summed E-state index contributed by atoms with van der Waals surface area (Å²) in [7, 11) is -6.96. The van der Waals surface area contributed by atoms with Gasteiger partial charge < -0.3 is 0 Å². The maximum absolute atomic E-state index is 12.4. The molecule has 10 heteroatoms. The molecule has 28 heavy (non-hydrogen) atoms. The summed E-state index contributed by atoms with van der Waals surface area (Å²) in [4.78, 5) is 12.6. The summed E-state index contributed by atoms with van der Waals surface area (Å²) in [6.07, 6.45) is 2.78. The maximum atomic E-state index is 12.4. The molecule has 1 fully saturated rings. The van der Waals surface area contributed by atoms with Gasteiger partial charge in [0.25, 0.3) is 5.91 Å². The van der Waals surface area contributed by atoms with E-state index in [4.69, 9.17) is 0 Å². The highest BCUT2D eigenvalue weighted by Gasteiger charge is 2.27. The second-order valence-corrected chi connectivity index (χ2v) is 10.5. The molecule has 3 N–H and O–H groups in total. The van der Waals surface area contributed by atoms with Crippen molar-refractivity contribution in [1.82, 2.24) is 10.1 Å². The highest BCUT2D eigenvalue weighted by molar-refractivity contribution is 7.90. The van der Waals surface area contributed by atoms with Crippen LogP contribution in [0.2, 0.25) is 0 Å². The van der Waals surface area contributed by atoms with Crippen molar-refractivity contribution in [2.45, 2.75) is 35.6 Å². The fourth-order valence-electron chi connectivity index (χ4n) is 2.48. The number of anilines is 1. The van der Waals surface area contributed by atoms with Gasteiger partial charge in [-0.3, -0.25) is 15.6 Å². The van der Waals surface area contributed by atoms with Crippen LogP contribution in [0.25, 0.3) is 0 Å². The summed E-state index contributed by atoms with van der Waals surface area (Å²) in [6.45, 7) is 1.70. The van der Waals surface area contributed by atoms with E-state index in [9.17, 15) is 21.6 Å². The first-order valence-corrected chi connectivity index (χ1v) is 11.9. The van der Waals surface area contributed by atoms with Gasteiger partial charge in [-0.15, -0.1) is 0 Å². The third-order valence-electron chi connectivity index (χ3n) is 4.27. The standard InChI is InChI=1S/C18H21N3O5S2/c1-12-3-8-16(27(2,23)24)11-17(12)18(22)20-19-13-6-9-15(10-7-13)28(25,26)21-14-4-5-14/h3,6-11,14,19,21H,4-5H2,1-2H3,(H,20,22). The number of nitrogens with one attached hydrogen (secondary N) is 3. The maximum Gasteiger partial charge on any atom is 0.269 e. The molecule has 8 nitrogen and oxygen atoms in total. The van der Waals surface area contributed by atoms with Crippen LogP contribution in [0.3, 0.4) is 0 Å². The Morgan fingerprint density at radius 1 is 0.964 bits per heavy atom. The fourth-order valence-corrected chi connectivity index (χ4v) is 4.43. The third kappa shape index (κ3) is 4.89. The zero-order valence-electron chi connectivity index (χ0n) is 15.4. The predicted octanol–water partition coefficient (Wildman–Crippen LogP) is 1.60. The highest BCUT2D eigenvalue weighted by atomic mass is 32.2. The number of carbonyl (C=O) groups is 1. The third-order valence-corrected chi connectivity index (χ3v) is 6.91. The minimum atomic E-state index is -3.53. The van der Waals surface area contributed by atoms with Gasteiger partial charge in [0.2, 0.25) is 10.0 Å². The van der Waals surface area contributed by atoms with E-state index in [1.165, 1.54) is 36.4 Å². The number of hydrogen-bond acceptors (Lipinski definition) is 6. The molecule has 3 rings (SSSR count). The van der Waals surface area contributed by atoms with Crippen LogP contribution in [0, 0.1) is 6.92 Å². The van der Waals surface area contributed by atoms with Crippen LogP contribution in [0.1, 0.15) is 28.8 Å². The van der Waals surface area contributed by atoms with Gasteiger partial charge in [-0.2, -0.15) is 0 Å². The number of hydrogen-bond donors (Lipinski definition) is 3. The number of aryl methyl sites for hydroxylation is 1. The van der Waals surface area contributed by atoms with E-state index >= 15 is 0 Å². The Bertz CT molecular complexity index is 1110. The smallest absolute Gasteiger partial charge is 0.269 e. The number of sulfonamides is 1. The van der Waals surface area contributed by atoms with E-state index in [1.807, 2.05) is 0 Å². The Kier molecular flexibility index (Phi) is 5.46. The van der Waals surface area contributed by atoms with Crippen molar-refractivity contribution in [2.24, 2.45) is 0 Å². The van der Waals surface area contributed by atoms with Crippen LogP contribution < -0.4 is 15.6 Å². The Labute approximate surface area is 164 Å². The zero-order chi connectivity index (χ0) is 20.5. The first-order chi connectivity index (χ1) is 13.1. The summed E-state index contributed by atoms with van der Waals surface area (Å²) in [5.74, 6) is -0.505. The van der Waals surface area contributed by atoms with E-state index < -0.39 is 25.8 Å². The first-order valence-electron chi connectivity index (χ1n) is 8.56. The van der Waals surface area contributed by atoms with E-state index in [0.29, 0.717) is 11.3 Å². The first kappa shape index (κ1) is 20.3. The summed E-state index contributed by atoms with van der Waals surface area (Å²) < 4.78 is 50.2. The molecule has 0 aliphatic heterocycles. The lowest BCUT2D eigenvalue weighted by molar-refractivity contribution is 0.0962. The summed E-state index contributed by atoms with van der Waals surface area (Å²) in [5, 5.41) is 0. The monoisotopic (exact) mass is 423 g/mol. The second kappa shape index (κ2) is 7.53. The van der Waals surface area contributed by atoms with Crippen molar-refractivity contribution in [1.29, 1.82) is 0 Å². The van der Waals surface area contributed by atoms with Gasteiger partial charge in [-0.05, 0) is 61.7 Å². The van der Waals surface area contributed by atoms with Crippen LogP contribution in [-0.2, 0) is 19.9 Å². The number of amides is 1. The lowest BCUT2D eigenvalue weighted by atomic mass is 10.1. The molecule has 1 aliphatic carbocycles. The minimum Gasteiger partial charge on any atom is -0.298 e. The predicted molar refractivity (Wildman–Crippen MR) is 105 cm³/mol. The Morgan fingerprint density at radius 3 is 2.14 bits per heavy atom. The van der Waals surface area contributed by atoms with Gasteiger partial charge >= 0.3 is 0 Å². The Morgan fingerprint density at radius 2 is 1.57 bits per heavy atom. The molecule has 1 saturated carbocycles. The summed E-state index contributed by atoms with van der Waals surface area (Å²) >= 11 is 0. The molecule has 1 amide bonds. The second-order valence-electron chi connectivity index (χ2n) is 6.75. The molecule has 0 saturated heterocycles. The number of sulfone groups is 1. The van der Waals surface area contributed by atoms with E-state index in [1.54, 1.807) is 13.0 Å². The number of benzene rings is 2. The molecule has 150 valence electrons. The Hall–Kier alpha value is -2.43. The van der Waals surface area contributed by atoms with Gasteiger partial charge in [0, 0.05) is 17.9 Å². The van der Waals surface area contributed by atoms with Crippen molar-refractivity contribution in [3.8, 4) is 0 Å². The molecule has 0 bridgehead atoms. The van der Waals surface area contributed by atoms with Crippen molar-refractivity contribution >= 4 is 31.5 Å². The van der Waals surface area contributed by atoms with Gasteiger partial charge in [0.1, 0.15) is 0 Å². The number of carbonyl (C=O) groups excluding carboxylic acids is 1. The van der Waals surface area contributed by atoms with Crippen molar-refractivity contribution in [3.05, 3.63) is 53.6 Å². The molecule has 0 aromatic heterocycles. The van der Waals surface area contributed by atoms with Crippen molar-refractivity contribution in [3.63, 3.8) is 0 Å². The molecule has 2 aromatic rings. The SMILES string of the molecule is Cc1ccc(S(C)(=O)=O)cc1C(=O)NNc1ccc(S(=O)(=O)NC2CC2)cc1. The average Bonchev–Trinajstić information content (AvgIpc) is 3.42. The molecule has 1 aliphatic rings. The molecular weight excluding hydrogens is 402 g/mol. The van der Waals surface area contributed by atoms with Crippen LogP contribution >= 0.6 is 0 Å². The topological polar surface area (TPSA) is 121 Å². The van der Waals surface area contributed by atoms with Gasteiger partial charge in [-0.25, -0.2) is 21.6 Å². The zero-order valence-corrected chi connectivity index (χ0v) is 17.0. The molecule has 0 atom stereocenters. The largest absolute Gasteiger partial charge is 0.298 e. The van der Waals surface area contributed by atoms with Crippen LogP contribution in [0.15, 0.2) is 52.3 Å². The average molecular weight is 424 g/mol. The summed E-state index contributed by atoms with van der Waals surface area (Å²) in [5.41, 5.74) is 6.51. The van der Waals surface area contributed by atoms with Crippen LogP contribution in [0.4, 0.5) is 5.69 Å². The molecule has 2 aromatic carbocycles. The molecule has 0 radical (unpaired) electrons. The van der Waals surface area contributed by atoms with Crippen molar-refractivity contribution in [2.75, 3.05) is 11.7 Å². The molecule has 0 unspecified atom stereocenters. The molecular formula is C18H21N3O5S2. The quantitative estimate of drug-likeness (QED) is 0.582. The minimum absolute atomic E-state index is 0.0213. The number of rotatable bonds is 7. The van der Waals surface area contributed by atoms with E-state index in [-0.39, 0.29) is 21.4 Å². The van der Waals surface area contributed by atoms with Gasteiger partial charge in [-0.1, -0.05) is 6.07 Å². The normalized spacial score (nSPS) is 14.5. The Balaban J connectivity index is 1.68. The van der Waals surface area contributed by atoms with Crippen LogP contribution in [-0.4, -0.2) is 35.0 Å². The summed E-state index contributed by atoms with van der Waals surface area (Å²) in [6, 6.07) is 10.3. The van der Waals surface area contributed by atoms with Crippen LogP contribution in [0.5, 0.6) is 0 Å². The lowest BCUT2D eigenvalue weighted by Crippen LogP contribution is -2.30. The van der Waals surface area contributed by atoms with Crippen molar-refractivity contribution < 1.29 is 21.6 Å². The van der Waals surface area contributed by atoms with Gasteiger partial charge in [0.05, 0.1) is 15.5 Å². The molecule has 0 heterocycles. The van der Waals surface area contributed by atoms with E-state index in [2.05, 4.69) is 15.6 Å². The van der Waals surface area contributed by atoms with Gasteiger partial charge in [0.15, 0.2) is 9.84 Å². The highest BCUT2D eigenvalue weighted by Crippen LogP contribution is 2.22. The number of hydrazine groups is 1. The lowest BCUT2D eigenvalue weighted by Gasteiger charge is -2.12. The molecule has 0 spiro atoms. The van der Waals surface area contributed by atoms with E-state index in [0.717, 1.165) is 19.1 Å². The fraction of sp³-hybridized carbons (Fsp3) is 0.278.